The Balaban J connectivity index is 2.80. The Bertz CT molecular complexity index is 488. The van der Waals surface area contributed by atoms with Gasteiger partial charge in [-0.25, -0.2) is 4.98 Å². The molecular weight excluding hydrogens is 254 g/mol. The summed E-state index contributed by atoms with van der Waals surface area (Å²) in [4.78, 5) is 6.60. The van der Waals surface area contributed by atoms with E-state index in [1.54, 1.807) is 0 Å². The molecule has 0 aromatic carbocycles. The Morgan fingerprint density at radius 2 is 2.20 bits per heavy atom. The monoisotopic (exact) mass is 267 g/mol. The van der Waals surface area contributed by atoms with Crippen LogP contribution in [0, 0.1) is 0 Å². The summed E-state index contributed by atoms with van der Waals surface area (Å²) in [5, 5.41) is 0. The molecule has 2 aromatic rings. The zero-order valence-corrected chi connectivity index (χ0v) is 10.7. The fourth-order valence-electron chi connectivity index (χ4n) is 1.75. The molecule has 0 aliphatic heterocycles. The van der Waals surface area contributed by atoms with Crippen molar-refractivity contribution in [3.63, 3.8) is 0 Å². The van der Waals surface area contributed by atoms with E-state index in [9.17, 15) is 0 Å². The molecule has 2 heterocycles. The first-order valence-corrected chi connectivity index (χ1v) is 5.77. The Labute approximate surface area is 97.9 Å². The van der Waals surface area contributed by atoms with Crippen molar-refractivity contribution in [3.8, 4) is 0 Å². The Morgan fingerprint density at radius 1 is 1.47 bits per heavy atom. The van der Waals surface area contributed by atoms with Crippen molar-refractivity contribution in [2.45, 2.75) is 13.3 Å². The molecule has 0 fully saturated rings. The molecule has 2 aromatic heterocycles. The zero-order valence-electron chi connectivity index (χ0n) is 9.16. The van der Waals surface area contributed by atoms with Gasteiger partial charge in [0.1, 0.15) is 15.9 Å². The van der Waals surface area contributed by atoms with E-state index in [2.05, 4.69) is 55.5 Å². The van der Waals surface area contributed by atoms with E-state index in [4.69, 9.17) is 0 Å². The molecule has 0 spiro atoms. The third kappa shape index (κ3) is 1.63. The van der Waals surface area contributed by atoms with Crippen molar-refractivity contribution in [2.24, 2.45) is 0 Å². The third-order valence-corrected chi connectivity index (χ3v) is 3.02. The third-order valence-electron chi connectivity index (χ3n) is 2.47. The summed E-state index contributed by atoms with van der Waals surface area (Å²) in [6.45, 7) is 2.11. The van der Waals surface area contributed by atoms with Crippen LogP contribution in [-0.2, 0) is 6.42 Å². The normalized spacial score (nSPS) is 10.9. The predicted octanol–water partition coefficient (Wildman–Crippen LogP) is 2.73. The highest BCUT2D eigenvalue weighted by molar-refractivity contribution is 9.10. The summed E-state index contributed by atoms with van der Waals surface area (Å²) in [5.74, 6) is 1.08. The summed E-state index contributed by atoms with van der Waals surface area (Å²) >= 11 is 3.52. The molecule has 0 saturated heterocycles. The number of aryl methyl sites for hydroxylation is 1. The number of fused-ring (bicyclic) bond motifs is 1. The lowest BCUT2D eigenvalue weighted by molar-refractivity contribution is 0.929. The van der Waals surface area contributed by atoms with E-state index >= 15 is 0 Å². The van der Waals surface area contributed by atoms with Crippen LogP contribution in [-0.4, -0.2) is 23.5 Å². The number of anilines is 1. The van der Waals surface area contributed by atoms with Gasteiger partial charge in [0, 0.05) is 26.7 Å². The van der Waals surface area contributed by atoms with Gasteiger partial charge in [0.25, 0.3) is 0 Å². The van der Waals surface area contributed by atoms with Crippen LogP contribution in [0.5, 0.6) is 0 Å². The molecule has 4 heteroatoms. The van der Waals surface area contributed by atoms with Gasteiger partial charge >= 0.3 is 0 Å². The van der Waals surface area contributed by atoms with E-state index in [0.717, 1.165) is 22.4 Å². The van der Waals surface area contributed by atoms with E-state index in [0.29, 0.717) is 0 Å². The number of imidazole rings is 1. The Kier molecular flexibility index (Phi) is 2.69. The number of hydrogen-bond donors (Lipinski definition) is 0. The minimum atomic E-state index is 0.920. The van der Waals surface area contributed by atoms with Crippen molar-refractivity contribution < 1.29 is 0 Å². The van der Waals surface area contributed by atoms with E-state index in [1.807, 2.05) is 14.1 Å². The van der Waals surface area contributed by atoms with Gasteiger partial charge in [-0.15, -0.1) is 0 Å². The van der Waals surface area contributed by atoms with Crippen LogP contribution >= 0.6 is 15.9 Å². The molecule has 80 valence electrons. The smallest absolute Gasteiger partial charge is 0.134 e. The molecule has 15 heavy (non-hydrogen) atoms. The maximum Gasteiger partial charge on any atom is 0.134 e. The van der Waals surface area contributed by atoms with Crippen molar-refractivity contribution in [1.29, 1.82) is 0 Å². The molecule has 0 radical (unpaired) electrons. The van der Waals surface area contributed by atoms with Gasteiger partial charge in [-0.2, -0.15) is 0 Å². The largest absolute Gasteiger partial charge is 0.376 e. The second-order valence-electron chi connectivity index (χ2n) is 3.68. The molecule has 0 amide bonds. The first kappa shape index (κ1) is 10.5. The highest BCUT2D eigenvalue weighted by Crippen LogP contribution is 2.28. The molecule has 0 N–H and O–H groups in total. The summed E-state index contributed by atoms with van der Waals surface area (Å²) in [7, 11) is 4.08. The van der Waals surface area contributed by atoms with Crippen LogP contribution in [0.15, 0.2) is 22.9 Å². The quantitative estimate of drug-likeness (QED) is 0.834. The minimum absolute atomic E-state index is 0.920. The number of halogens is 1. The topological polar surface area (TPSA) is 20.5 Å². The number of aromatic nitrogens is 2. The minimum Gasteiger partial charge on any atom is -0.376 e. The first-order valence-electron chi connectivity index (χ1n) is 4.98. The standard InChI is InChI=1S/C11H14BrN3/c1-4-9-13-11(12)10-8(14(2)3)6-5-7-15(9)10/h5-7H,4H2,1-3H3. The van der Waals surface area contributed by atoms with Gasteiger partial charge in [0.2, 0.25) is 0 Å². The average molecular weight is 268 g/mol. The van der Waals surface area contributed by atoms with Gasteiger partial charge in [-0.3, -0.25) is 0 Å². The van der Waals surface area contributed by atoms with E-state index in [-0.39, 0.29) is 0 Å². The fourth-order valence-corrected chi connectivity index (χ4v) is 2.35. The first-order chi connectivity index (χ1) is 7.15. The molecule has 0 unspecified atom stereocenters. The number of rotatable bonds is 2. The highest BCUT2D eigenvalue weighted by atomic mass is 79.9. The Hall–Kier alpha value is -1.03. The van der Waals surface area contributed by atoms with Crippen molar-refractivity contribution in [3.05, 3.63) is 28.8 Å². The molecule has 0 saturated carbocycles. The molecule has 0 atom stereocenters. The van der Waals surface area contributed by atoms with Crippen molar-refractivity contribution in [1.82, 2.24) is 9.38 Å². The molecule has 0 aliphatic carbocycles. The molecule has 3 nitrogen and oxygen atoms in total. The van der Waals surface area contributed by atoms with Crippen molar-refractivity contribution >= 4 is 27.1 Å². The van der Waals surface area contributed by atoms with Crippen molar-refractivity contribution in [2.75, 3.05) is 19.0 Å². The predicted molar refractivity (Wildman–Crippen MR) is 66.6 cm³/mol. The SMILES string of the molecule is CCc1nc(Br)c2c(N(C)C)cccn12. The number of pyridine rings is 1. The van der Waals surface area contributed by atoms with Crippen LogP contribution in [0.1, 0.15) is 12.7 Å². The molecular formula is C11H14BrN3. The van der Waals surface area contributed by atoms with E-state index in [1.165, 1.54) is 5.69 Å². The number of nitrogens with zero attached hydrogens (tertiary/aromatic N) is 3. The molecule has 0 aliphatic rings. The van der Waals surface area contributed by atoms with Crippen LogP contribution < -0.4 is 4.90 Å². The molecule has 0 bridgehead atoms. The fraction of sp³-hybridized carbons (Fsp3) is 0.364. The van der Waals surface area contributed by atoms with Gasteiger partial charge in [0.15, 0.2) is 0 Å². The Morgan fingerprint density at radius 3 is 2.80 bits per heavy atom. The van der Waals surface area contributed by atoms with Gasteiger partial charge in [0.05, 0.1) is 5.69 Å². The molecule has 2 rings (SSSR count). The van der Waals surface area contributed by atoms with Gasteiger partial charge in [-0.05, 0) is 28.1 Å². The van der Waals surface area contributed by atoms with Gasteiger partial charge < -0.3 is 9.30 Å². The summed E-state index contributed by atoms with van der Waals surface area (Å²) in [6.07, 6.45) is 2.99. The second-order valence-corrected chi connectivity index (χ2v) is 4.43. The lowest BCUT2D eigenvalue weighted by atomic mass is 10.3. The highest BCUT2D eigenvalue weighted by Gasteiger charge is 2.12. The van der Waals surface area contributed by atoms with Crippen LogP contribution in [0.25, 0.3) is 5.52 Å². The summed E-state index contributed by atoms with van der Waals surface area (Å²) < 4.78 is 3.06. The average Bonchev–Trinajstić information content (AvgIpc) is 2.55. The van der Waals surface area contributed by atoms with Gasteiger partial charge in [-0.1, -0.05) is 6.92 Å². The zero-order chi connectivity index (χ0) is 11.0. The van der Waals surface area contributed by atoms with E-state index < -0.39 is 0 Å². The summed E-state index contributed by atoms with van der Waals surface area (Å²) in [5.41, 5.74) is 2.32. The second kappa shape index (κ2) is 3.85. The lowest BCUT2D eigenvalue weighted by Crippen LogP contribution is -2.10. The summed E-state index contributed by atoms with van der Waals surface area (Å²) in [6, 6.07) is 4.15. The van der Waals surface area contributed by atoms with Crippen LogP contribution in [0.2, 0.25) is 0 Å². The lowest BCUT2D eigenvalue weighted by Gasteiger charge is -2.14. The van der Waals surface area contributed by atoms with Crippen LogP contribution in [0.3, 0.4) is 0 Å². The number of hydrogen-bond acceptors (Lipinski definition) is 2. The van der Waals surface area contributed by atoms with Crippen LogP contribution in [0.4, 0.5) is 5.69 Å². The maximum atomic E-state index is 4.50. The maximum absolute atomic E-state index is 4.50.